The molecule has 1 aliphatic heterocycles. The second-order valence-electron chi connectivity index (χ2n) is 6.13. The van der Waals surface area contributed by atoms with Gasteiger partial charge in [0.1, 0.15) is 5.75 Å². The second-order valence-corrected chi connectivity index (χ2v) is 6.13. The molecule has 2 aliphatic rings. The summed E-state index contributed by atoms with van der Waals surface area (Å²) in [5.41, 5.74) is 4.43. The van der Waals surface area contributed by atoms with E-state index in [4.69, 9.17) is 14.6 Å². The number of carbonyl (C=O) groups is 2. The molecule has 0 saturated carbocycles. The van der Waals surface area contributed by atoms with Crippen LogP contribution in [0, 0.1) is 0 Å². The van der Waals surface area contributed by atoms with Crippen LogP contribution in [0.25, 0.3) is 11.1 Å². The van der Waals surface area contributed by atoms with Gasteiger partial charge in [0.05, 0.1) is 13.2 Å². The fraction of sp³-hybridized carbons (Fsp3) is 0.263. The van der Waals surface area contributed by atoms with E-state index in [0.717, 1.165) is 23.1 Å². The van der Waals surface area contributed by atoms with E-state index in [9.17, 15) is 9.59 Å². The van der Waals surface area contributed by atoms with Gasteiger partial charge in [-0.3, -0.25) is 0 Å². The van der Waals surface area contributed by atoms with E-state index in [0.29, 0.717) is 12.3 Å². The van der Waals surface area contributed by atoms with Crippen LogP contribution in [0.4, 0.5) is 4.79 Å². The van der Waals surface area contributed by atoms with Gasteiger partial charge >= 0.3 is 12.1 Å². The monoisotopic (exact) mass is 339 g/mol. The van der Waals surface area contributed by atoms with Crippen molar-refractivity contribution in [1.29, 1.82) is 0 Å². The third-order valence-corrected chi connectivity index (χ3v) is 4.61. The largest absolute Gasteiger partial charge is 0.479 e. The van der Waals surface area contributed by atoms with Crippen LogP contribution in [0.5, 0.6) is 5.75 Å². The maximum atomic E-state index is 12.5. The summed E-state index contributed by atoms with van der Waals surface area (Å²) in [6, 6.07) is 13.8. The number of aliphatic carboxylic acids is 1. The summed E-state index contributed by atoms with van der Waals surface area (Å²) in [5.74, 6) is -0.550. The van der Waals surface area contributed by atoms with Gasteiger partial charge in [0, 0.05) is 18.5 Å². The van der Waals surface area contributed by atoms with E-state index < -0.39 is 18.2 Å². The molecule has 128 valence electrons. The maximum absolute atomic E-state index is 12.5. The summed E-state index contributed by atoms with van der Waals surface area (Å²) >= 11 is 0. The minimum absolute atomic E-state index is 0.0105. The lowest BCUT2D eigenvalue weighted by Gasteiger charge is -2.30. The van der Waals surface area contributed by atoms with Gasteiger partial charge in [0.15, 0.2) is 6.10 Å². The fourth-order valence-electron chi connectivity index (χ4n) is 3.35. The van der Waals surface area contributed by atoms with Crippen LogP contribution < -0.4 is 4.74 Å². The van der Waals surface area contributed by atoms with Gasteiger partial charge in [-0.2, -0.15) is 0 Å². The number of morpholine rings is 1. The summed E-state index contributed by atoms with van der Waals surface area (Å²) in [5, 5.41) is 9.05. The van der Waals surface area contributed by atoms with E-state index >= 15 is 0 Å². The number of rotatable bonds is 2. The summed E-state index contributed by atoms with van der Waals surface area (Å²) in [6.45, 7) is 0.492. The molecule has 2 aromatic rings. The van der Waals surface area contributed by atoms with Gasteiger partial charge in [-0.15, -0.1) is 0 Å². The Hall–Kier alpha value is -2.86. The Kier molecular flexibility index (Phi) is 3.89. The second kappa shape index (κ2) is 6.22. The van der Waals surface area contributed by atoms with Crippen LogP contribution in [0.3, 0.4) is 0 Å². The molecule has 1 N–H and O–H groups in total. The number of fused-ring (bicyclic) bond motifs is 3. The Morgan fingerprint density at radius 2 is 1.92 bits per heavy atom. The summed E-state index contributed by atoms with van der Waals surface area (Å²) in [4.78, 5) is 24.9. The highest BCUT2D eigenvalue weighted by atomic mass is 16.6. The van der Waals surface area contributed by atoms with E-state index in [1.54, 1.807) is 6.07 Å². The molecule has 1 heterocycles. The van der Waals surface area contributed by atoms with Gasteiger partial charge in [-0.05, 0) is 22.8 Å². The maximum Gasteiger partial charge on any atom is 0.415 e. The van der Waals surface area contributed by atoms with Crippen LogP contribution in [0.2, 0.25) is 0 Å². The molecule has 1 amide bonds. The van der Waals surface area contributed by atoms with Crippen molar-refractivity contribution in [2.75, 3.05) is 19.7 Å². The third kappa shape index (κ3) is 2.85. The summed E-state index contributed by atoms with van der Waals surface area (Å²) < 4.78 is 10.7. The number of hydrogen-bond donors (Lipinski definition) is 1. The van der Waals surface area contributed by atoms with Crippen molar-refractivity contribution in [2.24, 2.45) is 0 Å². The minimum atomic E-state index is -1.08. The molecule has 1 unspecified atom stereocenters. The molecule has 2 aromatic carbocycles. The predicted molar refractivity (Wildman–Crippen MR) is 89.7 cm³/mol. The Bertz CT molecular complexity index is 847. The first-order valence-corrected chi connectivity index (χ1v) is 8.15. The van der Waals surface area contributed by atoms with E-state index in [2.05, 4.69) is 12.1 Å². The zero-order valence-electron chi connectivity index (χ0n) is 13.5. The lowest BCUT2D eigenvalue weighted by Crippen LogP contribution is -2.49. The predicted octanol–water partition coefficient (Wildman–Crippen LogP) is 2.54. The first-order chi connectivity index (χ1) is 12.1. The molecule has 1 atom stereocenters. The number of nitrogens with zero attached hydrogens (tertiary/aromatic N) is 1. The number of amides is 1. The Labute approximate surface area is 144 Å². The quantitative estimate of drug-likeness (QED) is 0.776. The van der Waals surface area contributed by atoms with Gasteiger partial charge in [0.25, 0.3) is 0 Å². The first-order valence-electron chi connectivity index (χ1n) is 8.15. The van der Waals surface area contributed by atoms with Crippen LogP contribution in [0.15, 0.2) is 42.5 Å². The number of carboxylic acids is 1. The van der Waals surface area contributed by atoms with Gasteiger partial charge in [-0.1, -0.05) is 36.4 Å². The average molecular weight is 339 g/mol. The molecule has 1 fully saturated rings. The average Bonchev–Trinajstić information content (AvgIpc) is 3.01. The smallest absolute Gasteiger partial charge is 0.415 e. The van der Waals surface area contributed by atoms with Gasteiger partial charge < -0.3 is 19.5 Å². The van der Waals surface area contributed by atoms with Crippen molar-refractivity contribution in [3.63, 3.8) is 0 Å². The summed E-state index contributed by atoms with van der Waals surface area (Å²) in [7, 11) is 0. The lowest BCUT2D eigenvalue weighted by molar-refractivity contribution is -0.154. The van der Waals surface area contributed by atoms with Gasteiger partial charge in [0.2, 0.25) is 0 Å². The molecule has 0 aromatic heterocycles. The normalized spacial score (nSPS) is 18.4. The van der Waals surface area contributed by atoms with Crippen molar-refractivity contribution in [3.05, 3.63) is 53.6 Å². The number of carbonyl (C=O) groups excluding carboxylic acids is 1. The van der Waals surface area contributed by atoms with Crippen LogP contribution in [0.1, 0.15) is 11.1 Å². The van der Waals surface area contributed by atoms with Crippen LogP contribution in [-0.4, -0.2) is 47.9 Å². The van der Waals surface area contributed by atoms with Crippen molar-refractivity contribution in [1.82, 2.24) is 4.90 Å². The zero-order valence-corrected chi connectivity index (χ0v) is 13.5. The molecule has 0 radical (unpaired) electrons. The lowest BCUT2D eigenvalue weighted by atomic mass is 10.1. The summed E-state index contributed by atoms with van der Waals surface area (Å²) in [6.07, 6.45) is -0.832. The Balaban J connectivity index is 1.54. The number of ether oxygens (including phenoxy) is 2. The molecule has 6 heteroatoms. The molecule has 1 saturated heterocycles. The zero-order chi connectivity index (χ0) is 17.4. The third-order valence-electron chi connectivity index (χ3n) is 4.61. The van der Waals surface area contributed by atoms with Gasteiger partial charge in [-0.25, -0.2) is 9.59 Å². The molecule has 4 rings (SSSR count). The van der Waals surface area contributed by atoms with Crippen molar-refractivity contribution in [3.8, 4) is 16.9 Å². The Morgan fingerprint density at radius 3 is 2.76 bits per heavy atom. The molecular weight excluding hydrogens is 322 g/mol. The molecule has 1 aliphatic carbocycles. The SMILES string of the molecule is O=C(O)C1CN(C(=O)Oc2cccc3c2Cc2ccccc2-3)CCO1. The van der Waals surface area contributed by atoms with Crippen LogP contribution >= 0.6 is 0 Å². The Morgan fingerprint density at radius 1 is 1.12 bits per heavy atom. The molecule has 0 spiro atoms. The highest BCUT2D eigenvalue weighted by Crippen LogP contribution is 2.41. The number of carboxylic acid groups (broad SMARTS) is 1. The van der Waals surface area contributed by atoms with E-state index in [1.165, 1.54) is 10.5 Å². The van der Waals surface area contributed by atoms with E-state index in [-0.39, 0.29) is 13.2 Å². The first kappa shape index (κ1) is 15.7. The highest BCUT2D eigenvalue weighted by molar-refractivity contribution is 5.81. The minimum Gasteiger partial charge on any atom is -0.479 e. The van der Waals surface area contributed by atoms with E-state index in [1.807, 2.05) is 24.3 Å². The van der Waals surface area contributed by atoms with Crippen molar-refractivity contribution < 1.29 is 24.2 Å². The van der Waals surface area contributed by atoms with Crippen molar-refractivity contribution in [2.45, 2.75) is 12.5 Å². The number of benzene rings is 2. The topological polar surface area (TPSA) is 76.1 Å². The standard InChI is InChI=1S/C19H17NO5/c21-18(22)17-11-20(8-9-24-17)19(23)25-16-7-3-6-14-13-5-2-1-4-12(13)10-15(14)16/h1-7,17H,8-11H2,(H,21,22). The van der Waals surface area contributed by atoms with Crippen LogP contribution in [-0.2, 0) is 16.0 Å². The number of hydrogen-bond acceptors (Lipinski definition) is 4. The molecule has 6 nitrogen and oxygen atoms in total. The van der Waals surface area contributed by atoms with Crippen molar-refractivity contribution >= 4 is 12.1 Å². The highest BCUT2D eigenvalue weighted by Gasteiger charge is 2.31. The molecule has 25 heavy (non-hydrogen) atoms. The molecule has 0 bridgehead atoms. The fourth-order valence-corrected chi connectivity index (χ4v) is 3.35. The molecular formula is C19H17NO5.